The van der Waals surface area contributed by atoms with Crippen LogP contribution in [0.4, 0.5) is 26.3 Å². The summed E-state index contributed by atoms with van der Waals surface area (Å²) in [5, 5.41) is 8.99. The molecule has 3 heterocycles. The monoisotopic (exact) mass is 637 g/mol. The van der Waals surface area contributed by atoms with Crippen molar-refractivity contribution in [1.82, 2.24) is 15.2 Å². The average molecular weight is 638 g/mol. The molecule has 0 radical (unpaired) electrons. The van der Waals surface area contributed by atoms with Crippen LogP contribution in [0, 0.1) is 0 Å². The molecule has 43 heavy (non-hydrogen) atoms. The van der Waals surface area contributed by atoms with E-state index in [1.54, 1.807) is 5.38 Å². The van der Waals surface area contributed by atoms with Gasteiger partial charge in [0.05, 0.1) is 22.7 Å². The minimum absolute atomic E-state index is 0.0797. The van der Waals surface area contributed by atoms with Gasteiger partial charge in [-0.15, -0.1) is 11.3 Å². The molecule has 1 fully saturated rings. The number of hydrogen-bond acceptors (Lipinski definition) is 5. The molecule has 1 aliphatic rings. The summed E-state index contributed by atoms with van der Waals surface area (Å²) in [4.78, 5) is 20.5. The molecule has 0 saturated carbocycles. The summed E-state index contributed by atoms with van der Waals surface area (Å²) in [6, 6.07) is 13.6. The molecule has 1 aliphatic heterocycles. The number of aromatic nitrogens is 1. The van der Waals surface area contributed by atoms with Gasteiger partial charge < -0.3 is 10.2 Å². The normalized spacial score (nSPS) is 15.9. The number of rotatable bonds is 9. The maximum absolute atomic E-state index is 13.5. The Morgan fingerprint density at radius 1 is 0.953 bits per heavy atom. The van der Waals surface area contributed by atoms with Gasteiger partial charge in [0.15, 0.2) is 0 Å². The van der Waals surface area contributed by atoms with E-state index in [4.69, 9.17) is 0 Å². The van der Waals surface area contributed by atoms with Gasteiger partial charge in [-0.1, -0.05) is 30.3 Å². The van der Waals surface area contributed by atoms with Gasteiger partial charge in [0.2, 0.25) is 5.91 Å². The maximum atomic E-state index is 13.5. The fourth-order valence-corrected chi connectivity index (χ4v) is 6.92. The first-order valence-corrected chi connectivity index (χ1v) is 15.6. The van der Waals surface area contributed by atoms with Gasteiger partial charge in [-0.25, -0.2) is 4.98 Å². The highest BCUT2D eigenvalue weighted by molar-refractivity contribution is 7.14. The van der Waals surface area contributed by atoms with Crippen LogP contribution in [0.15, 0.2) is 70.7 Å². The summed E-state index contributed by atoms with van der Waals surface area (Å²) in [7, 11) is 0. The van der Waals surface area contributed by atoms with Gasteiger partial charge in [-0.3, -0.25) is 4.79 Å². The van der Waals surface area contributed by atoms with E-state index in [1.165, 1.54) is 28.2 Å². The van der Waals surface area contributed by atoms with Crippen LogP contribution in [0.3, 0.4) is 0 Å². The molecule has 1 atom stereocenters. The molecule has 5 rings (SSSR count). The fourth-order valence-electron chi connectivity index (χ4n) is 5.34. The smallest absolute Gasteiger partial charge is 0.351 e. The van der Waals surface area contributed by atoms with Gasteiger partial charge in [0.1, 0.15) is 5.01 Å². The average Bonchev–Trinajstić information content (AvgIpc) is 3.69. The summed E-state index contributed by atoms with van der Waals surface area (Å²) in [5.74, 6) is -0.743. The van der Waals surface area contributed by atoms with Crippen molar-refractivity contribution in [3.63, 3.8) is 0 Å². The summed E-state index contributed by atoms with van der Waals surface area (Å²) < 4.78 is 80.0. The molecular formula is C31H29F6N3OS2. The molecule has 4 aromatic rings. The predicted octanol–water partition coefficient (Wildman–Crippen LogP) is 8.58. The Morgan fingerprint density at radius 2 is 1.63 bits per heavy atom. The summed E-state index contributed by atoms with van der Waals surface area (Å²) >= 11 is 2.91. The largest absolute Gasteiger partial charge is 0.416 e. The molecule has 0 aliphatic carbocycles. The highest BCUT2D eigenvalue weighted by Gasteiger charge is 2.37. The lowest BCUT2D eigenvalue weighted by Gasteiger charge is -2.32. The minimum Gasteiger partial charge on any atom is -0.351 e. The Balaban J connectivity index is 1.29. The second-order valence-electron chi connectivity index (χ2n) is 10.6. The number of thiophene rings is 1. The van der Waals surface area contributed by atoms with Gasteiger partial charge in [-0.2, -0.15) is 37.7 Å². The molecule has 1 amide bonds. The van der Waals surface area contributed by atoms with E-state index >= 15 is 0 Å². The molecule has 1 N–H and O–H groups in total. The number of nitrogens with one attached hydrogen (secondary N) is 1. The third kappa shape index (κ3) is 8.04. The fraction of sp³-hybridized carbons (Fsp3) is 0.355. The number of carbonyl (C=O) groups excluding carboxylic acids is 1. The van der Waals surface area contributed by atoms with Crippen molar-refractivity contribution >= 4 is 28.6 Å². The highest BCUT2D eigenvalue weighted by atomic mass is 32.1. The topological polar surface area (TPSA) is 45.2 Å². The van der Waals surface area contributed by atoms with Crippen LogP contribution in [0.25, 0.3) is 10.6 Å². The van der Waals surface area contributed by atoms with Gasteiger partial charge >= 0.3 is 12.4 Å². The van der Waals surface area contributed by atoms with Crippen molar-refractivity contribution in [3.05, 3.63) is 98.7 Å². The van der Waals surface area contributed by atoms with Crippen molar-refractivity contribution in [2.45, 2.75) is 50.0 Å². The zero-order valence-electron chi connectivity index (χ0n) is 22.9. The van der Waals surface area contributed by atoms with Gasteiger partial charge in [0, 0.05) is 22.9 Å². The quantitative estimate of drug-likeness (QED) is 0.187. The van der Waals surface area contributed by atoms with Crippen molar-refractivity contribution in [1.29, 1.82) is 0 Å². The number of carbonyl (C=O) groups is 1. The molecule has 0 bridgehead atoms. The zero-order chi connectivity index (χ0) is 30.6. The van der Waals surface area contributed by atoms with E-state index in [1.807, 2.05) is 35.0 Å². The number of alkyl halides is 6. The minimum atomic E-state index is -4.96. The molecule has 12 heteroatoms. The summed E-state index contributed by atoms with van der Waals surface area (Å²) in [6.07, 6.45) is -7.55. The van der Waals surface area contributed by atoms with Crippen LogP contribution in [0.1, 0.15) is 59.0 Å². The van der Waals surface area contributed by atoms with Crippen LogP contribution >= 0.6 is 22.7 Å². The third-order valence-electron chi connectivity index (χ3n) is 7.67. The lowest BCUT2D eigenvalue weighted by atomic mass is 9.89. The third-order valence-corrected chi connectivity index (χ3v) is 9.26. The van der Waals surface area contributed by atoms with E-state index < -0.39 is 41.8 Å². The number of piperidine rings is 1. The lowest BCUT2D eigenvalue weighted by molar-refractivity contribution is -0.143. The second-order valence-corrected chi connectivity index (χ2v) is 12.2. The molecule has 1 saturated heterocycles. The van der Waals surface area contributed by atoms with E-state index in [2.05, 4.69) is 27.3 Å². The molecule has 228 valence electrons. The molecule has 2 aromatic heterocycles. The number of amides is 1. The SMILES string of the molecule is O=C(NCc1cc(C(F)(F)F)cc(C(F)(F)F)c1)C(CCN1CCC(c2ccccc2)CC1)c1csc(-c2ccsc2)n1. The number of likely N-dealkylation sites (tertiary alicyclic amines) is 1. The second kappa shape index (κ2) is 13.2. The first kappa shape index (κ1) is 31.2. The van der Waals surface area contributed by atoms with Crippen LogP contribution in [-0.4, -0.2) is 35.4 Å². The van der Waals surface area contributed by atoms with E-state index in [0.717, 1.165) is 36.5 Å². The van der Waals surface area contributed by atoms with Crippen molar-refractivity contribution in [2.24, 2.45) is 0 Å². The first-order valence-electron chi connectivity index (χ1n) is 13.8. The van der Waals surface area contributed by atoms with Crippen molar-refractivity contribution in [3.8, 4) is 10.6 Å². The Labute approximate surface area is 253 Å². The molecule has 0 spiro atoms. The number of thiazole rings is 1. The van der Waals surface area contributed by atoms with Crippen molar-refractivity contribution < 1.29 is 31.1 Å². The first-order chi connectivity index (χ1) is 20.5. The number of hydrogen-bond donors (Lipinski definition) is 1. The molecule has 2 aromatic carbocycles. The molecule has 4 nitrogen and oxygen atoms in total. The Bertz CT molecular complexity index is 1460. The van der Waals surface area contributed by atoms with E-state index in [9.17, 15) is 31.1 Å². The lowest BCUT2D eigenvalue weighted by Crippen LogP contribution is -2.36. The zero-order valence-corrected chi connectivity index (χ0v) is 24.6. The number of benzene rings is 2. The van der Waals surface area contributed by atoms with Crippen LogP contribution < -0.4 is 5.32 Å². The Morgan fingerprint density at radius 3 is 2.23 bits per heavy atom. The summed E-state index contributed by atoms with van der Waals surface area (Å²) in [6.45, 7) is 1.84. The van der Waals surface area contributed by atoms with Crippen LogP contribution in [0.5, 0.6) is 0 Å². The maximum Gasteiger partial charge on any atom is 0.416 e. The summed E-state index contributed by atoms with van der Waals surface area (Å²) in [5.41, 5.74) is -0.348. The Hall–Kier alpha value is -3.22. The van der Waals surface area contributed by atoms with E-state index in [0.29, 0.717) is 36.7 Å². The van der Waals surface area contributed by atoms with Gasteiger partial charge in [0.25, 0.3) is 0 Å². The van der Waals surface area contributed by atoms with Crippen LogP contribution in [0.2, 0.25) is 0 Å². The molecular weight excluding hydrogens is 608 g/mol. The van der Waals surface area contributed by atoms with Crippen molar-refractivity contribution in [2.75, 3.05) is 19.6 Å². The van der Waals surface area contributed by atoms with Gasteiger partial charge in [-0.05, 0) is 85.6 Å². The predicted molar refractivity (Wildman–Crippen MR) is 156 cm³/mol. The highest BCUT2D eigenvalue weighted by Crippen LogP contribution is 2.37. The van der Waals surface area contributed by atoms with Crippen LogP contribution in [-0.2, 0) is 23.7 Å². The number of nitrogens with zero attached hydrogens (tertiary/aromatic N) is 2. The standard InChI is InChI=1S/C31H29F6N3OS2/c32-30(33,34)24-14-20(15-25(16-24)31(35,36)37)17-38-28(41)26(27-19-43-29(39-27)23-9-13-42-18-23)8-12-40-10-6-22(7-11-40)21-4-2-1-3-5-21/h1-5,9,13-16,18-19,22,26H,6-8,10-12,17H2,(H,38,41). The Kier molecular flexibility index (Phi) is 9.57. The van der Waals surface area contributed by atoms with E-state index in [-0.39, 0.29) is 11.6 Å². The number of halogens is 6. The molecule has 1 unspecified atom stereocenters.